The molecular weight excluding hydrogens is 210 g/mol. The SMILES string of the molecule is O=C(O)c1ccnc(-c2ncccc2O)n1. The molecule has 0 bridgehead atoms. The van der Waals surface area contributed by atoms with Gasteiger partial charge >= 0.3 is 5.97 Å². The van der Waals surface area contributed by atoms with Crippen LogP contribution >= 0.6 is 0 Å². The number of aromatic carboxylic acids is 1. The summed E-state index contributed by atoms with van der Waals surface area (Å²) in [7, 11) is 0. The van der Waals surface area contributed by atoms with Crippen molar-refractivity contribution in [1.29, 1.82) is 0 Å². The van der Waals surface area contributed by atoms with E-state index in [0.29, 0.717) is 0 Å². The smallest absolute Gasteiger partial charge is 0.354 e. The third kappa shape index (κ3) is 1.81. The molecule has 0 saturated carbocycles. The highest BCUT2D eigenvalue weighted by Gasteiger charge is 2.11. The molecule has 0 saturated heterocycles. The van der Waals surface area contributed by atoms with Gasteiger partial charge in [-0.25, -0.2) is 19.7 Å². The third-order valence-electron chi connectivity index (χ3n) is 1.87. The molecule has 6 nitrogen and oxygen atoms in total. The quantitative estimate of drug-likeness (QED) is 0.777. The minimum atomic E-state index is -1.15. The number of rotatable bonds is 2. The van der Waals surface area contributed by atoms with Crippen LogP contribution in [0.2, 0.25) is 0 Å². The maximum absolute atomic E-state index is 10.7. The second-order valence-electron chi connectivity index (χ2n) is 2.94. The number of hydrogen-bond donors (Lipinski definition) is 2. The number of pyridine rings is 1. The van der Waals surface area contributed by atoms with E-state index in [2.05, 4.69) is 15.0 Å². The lowest BCUT2D eigenvalue weighted by Gasteiger charge is -2.01. The van der Waals surface area contributed by atoms with E-state index in [0.717, 1.165) is 0 Å². The topological polar surface area (TPSA) is 96.2 Å². The summed E-state index contributed by atoms with van der Waals surface area (Å²) >= 11 is 0. The van der Waals surface area contributed by atoms with Crippen molar-refractivity contribution in [3.63, 3.8) is 0 Å². The fourth-order valence-electron chi connectivity index (χ4n) is 1.16. The molecule has 2 heterocycles. The molecule has 0 unspecified atom stereocenters. The Morgan fingerprint density at radius 1 is 1.19 bits per heavy atom. The number of aromatic nitrogens is 3. The first kappa shape index (κ1) is 10.0. The van der Waals surface area contributed by atoms with Gasteiger partial charge in [0.05, 0.1) is 0 Å². The van der Waals surface area contributed by atoms with Crippen LogP contribution in [-0.2, 0) is 0 Å². The summed E-state index contributed by atoms with van der Waals surface area (Å²) in [5.41, 5.74) is 0.0145. The van der Waals surface area contributed by atoms with E-state index in [4.69, 9.17) is 5.11 Å². The molecule has 2 N–H and O–H groups in total. The van der Waals surface area contributed by atoms with Crippen LogP contribution in [0.4, 0.5) is 0 Å². The largest absolute Gasteiger partial charge is 0.506 e. The number of aromatic hydroxyl groups is 1. The fourth-order valence-corrected chi connectivity index (χ4v) is 1.16. The molecule has 0 aromatic carbocycles. The van der Waals surface area contributed by atoms with Gasteiger partial charge in [-0.05, 0) is 18.2 Å². The number of carboxylic acids is 1. The first-order valence-electron chi connectivity index (χ1n) is 4.39. The molecule has 16 heavy (non-hydrogen) atoms. The molecule has 6 heteroatoms. The van der Waals surface area contributed by atoms with Gasteiger partial charge in [-0.2, -0.15) is 0 Å². The average Bonchev–Trinajstić information content (AvgIpc) is 2.30. The van der Waals surface area contributed by atoms with Gasteiger partial charge in [0.25, 0.3) is 0 Å². The summed E-state index contributed by atoms with van der Waals surface area (Å²) in [4.78, 5) is 22.2. The predicted octanol–water partition coefficient (Wildman–Crippen LogP) is 0.942. The number of nitrogens with zero attached hydrogens (tertiary/aromatic N) is 3. The summed E-state index contributed by atoms with van der Waals surface area (Å²) in [5.74, 6) is -1.16. The highest BCUT2D eigenvalue weighted by molar-refractivity contribution is 5.85. The molecule has 0 aliphatic carbocycles. The maximum atomic E-state index is 10.7. The average molecular weight is 217 g/mol. The second kappa shape index (κ2) is 3.93. The van der Waals surface area contributed by atoms with Crippen molar-refractivity contribution in [2.24, 2.45) is 0 Å². The highest BCUT2D eigenvalue weighted by Crippen LogP contribution is 2.22. The summed E-state index contributed by atoms with van der Waals surface area (Å²) in [6.45, 7) is 0. The van der Waals surface area contributed by atoms with Crippen LogP contribution in [0, 0.1) is 0 Å². The number of hydrogen-bond acceptors (Lipinski definition) is 5. The van der Waals surface area contributed by atoms with Gasteiger partial charge in [0, 0.05) is 12.4 Å². The normalized spacial score (nSPS) is 10.0. The van der Waals surface area contributed by atoms with Crippen molar-refractivity contribution in [1.82, 2.24) is 15.0 Å². The lowest BCUT2D eigenvalue weighted by molar-refractivity contribution is 0.0690. The molecule has 80 valence electrons. The zero-order chi connectivity index (χ0) is 11.5. The zero-order valence-corrected chi connectivity index (χ0v) is 8.03. The predicted molar refractivity (Wildman–Crippen MR) is 53.9 cm³/mol. The number of carboxylic acid groups (broad SMARTS) is 1. The van der Waals surface area contributed by atoms with Crippen molar-refractivity contribution in [3.8, 4) is 17.3 Å². The second-order valence-corrected chi connectivity index (χ2v) is 2.94. The van der Waals surface area contributed by atoms with E-state index in [1.165, 1.54) is 24.5 Å². The molecule has 2 rings (SSSR count). The van der Waals surface area contributed by atoms with Crippen molar-refractivity contribution < 1.29 is 15.0 Å². The molecule has 0 aliphatic heterocycles. The summed E-state index contributed by atoms with van der Waals surface area (Å²) in [6, 6.07) is 4.25. The van der Waals surface area contributed by atoms with Crippen LogP contribution in [0.3, 0.4) is 0 Å². The molecular formula is C10H7N3O3. The summed E-state index contributed by atoms with van der Waals surface area (Å²) < 4.78 is 0. The van der Waals surface area contributed by atoms with Gasteiger partial charge in [0.1, 0.15) is 11.4 Å². The third-order valence-corrected chi connectivity index (χ3v) is 1.87. The first-order chi connectivity index (χ1) is 7.68. The van der Waals surface area contributed by atoms with Crippen LogP contribution in [-0.4, -0.2) is 31.1 Å². The molecule has 0 fully saturated rings. The lowest BCUT2D eigenvalue weighted by atomic mass is 10.3. The van der Waals surface area contributed by atoms with Crippen molar-refractivity contribution in [3.05, 3.63) is 36.3 Å². The lowest BCUT2D eigenvalue weighted by Crippen LogP contribution is -2.02. The van der Waals surface area contributed by atoms with Crippen LogP contribution < -0.4 is 0 Å². The van der Waals surface area contributed by atoms with Gasteiger partial charge in [0.15, 0.2) is 11.5 Å². The Bertz CT molecular complexity index is 542. The van der Waals surface area contributed by atoms with E-state index in [9.17, 15) is 9.90 Å². The Balaban J connectivity index is 2.53. The minimum Gasteiger partial charge on any atom is -0.506 e. The van der Waals surface area contributed by atoms with E-state index in [1.807, 2.05) is 0 Å². The van der Waals surface area contributed by atoms with Gasteiger partial charge in [-0.1, -0.05) is 0 Å². The zero-order valence-electron chi connectivity index (χ0n) is 8.03. The molecule has 2 aromatic rings. The standard InChI is InChI=1S/C10H7N3O3/c14-7-2-1-4-11-8(7)9-12-5-3-6(13-9)10(15)16/h1-5,14H,(H,15,16). The molecule has 0 atom stereocenters. The van der Waals surface area contributed by atoms with Gasteiger partial charge < -0.3 is 10.2 Å². The molecule has 0 radical (unpaired) electrons. The van der Waals surface area contributed by atoms with Crippen LogP contribution in [0.15, 0.2) is 30.6 Å². The Labute approximate surface area is 90.3 Å². The Morgan fingerprint density at radius 3 is 2.69 bits per heavy atom. The van der Waals surface area contributed by atoms with Gasteiger partial charge in [0.2, 0.25) is 0 Å². The molecule has 0 aliphatic rings. The van der Waals surface area contributed by atoms with Gasteiger partial charge in [-0.3, -0.25) is 0 Å². The summed E-state index contributed by atoms with van der Waals surface area (Å²) in [5, 5.41) is 18.3. The van der Waals surface area contributed by atoms with Crippen LogP contribution in [0.25, 0.3) is 11.5 Å². The maximum Gasteiger partial charge on any atom is 0.354 e. The Hall–Kier alpha value is -2.50. The van der Waals surface area contributed by atoms with Crippen LogP contribution in [0.1, 0.15) is 10.5 Å². The number of carbonyl (C=O) groups is 1. The first-order valence-corrected chi connectivity index (χ1v) is 4.39. The van der Waals surface area contributed by atoms with E-state index in [-0.39, 0.29) is 23.0 Å². The highest BCUT2D eigenvalue weighted by atomic mass is 16.4. The van der Waals surface area contributed by atoms with Crippen molar-refractivity contribution in [2.75, 3.05) is 0 Å². The van der Waals surface area contributed by atoms with Crippen molar-refractivity contribution >= 4 is 5.97 Å². The van der Waals surface area contributed by atoms with E-state index in [1.54, 1.807) is 6.07 Å². The molecule has 2 aromatic heterocycles. The van der Waals surface area contributed by atoms with Crippen LogP contribution in [0.5, 0.6) is 5.75 Å². The van der Waals surface area contributed by atoms with Crippen molar-refractivity contribution in [2.45, 2.75) is 0 Å². The fraction of sp³-hybridized carbons (Fsp3) is 0. The van der Waals surface area contributed by atoms with E-state index < -0.39 is 5.97 Å². The monoisotopic (exact) mass is 217 g/mol. The molecule has 0 amide bonds. The minimum absolute atomic E-state index is 0.0815. The molecule has 0 spiro atoms. The van der Waals surface area contributed by atoms with Gasteiger partial charge in [-0.15, -0.1) is 0 Å². The van der Waals surface area contributed by atoms with E-state index >= 15 is 0 Å². The summed E-state index contributed by atoms with van der Waals surface area (Å²) in [6.07, 6.45) is 2.77. The Kier molecular flexibility index (Phi) is 2.47. The Morgan fingerprint density at radius 2 is 2.00 bits per heavy atom.